The van der Waals surface area contributed by atoms with E-state index in [0.29, 0.717) is 0 Å². The summed E-state index contributed by atoms with van der Waals surface area (Å²) < 4.78 is 6.61. The summed E-state index contributed by atoms with van der Waals surface area (Å²) in [6, 6.07) is 60.7. The Hall–Kier alpha value is -6.64. The molecule has 1 N–H and O–H groups in total. The molecule has 0 fully saturated rings. The van der Waals surface area contributed by atoms with E-state index in [1.807, 2.05) is 0 Å². The minimum absolute atomic E-state index is 0.0477. The molecule has 60 heavy (non-hydrogen) atoms. The van der Waals surface area contributed by atoms with Crippen LogP contribution in [-0.4, -0.2) is 0 Å². The fraction of sp³-hybridized carbons (Fsp3) is 0.172. The summed E-state index contributed by atoms with van der Waals surface area (Å²) in [5.74, 6) is 0. The van der Waals surface area contributed by atoms with Gasteiger partial charge in [0.1, 0.15) is 11.2 Å². The van der Waals surface area contributed by atoms with Crippen LogP contribution in [0.15, 0.2) is 168 Å². The fourth-order valence-electron chi connectivity index (χ4n) is 10.6. The molecule has 2 heteroatoms. The number of anilines is 2. The maximum atomic E-state index is 6.61. The van der Waals surface area contributed by atoms with Crippen molar-refractivity contribution in [2.45, 2.75) is 64.7 Å². The molecule has 0 radical (unpaired) electrons. The lowest BCUT2D eigenvalue weighted by atomic mass is 9.74. The fourth-order valence-corrected chi connectivity index (χ4v) is 10.6. The molecule has 0 aliphatic heterocycles. The summed E-state index contributed by atoms with van der Waals surface area (Å²) in [4.78, 5) is 0. The van der Waals surface area contributed by atoms with Crippen LogP contribution in [0.25, 0.3) is 66.4 Å². The van der Waals surface area contributed by atoms with Crippen molar-refractivity contribution in [3.63, 3.8) is 0 Å². The van der Waals surface area contributed by atoms with E-state index in [9.17, 15) is 0 Å². The first-order valence-electron chi connectivity index (χ1n) is 21.3. The van der Waals surface area contributed by atoms with Gasteiger partial charge in [0.2, 0.25) is 0 Å². The van der Waals surface area contributed by atoms with Gasteiger partial charge >= 0.3 is 0 Å². The monoisotopic (exact) mass is 775 g/mol. The average molecular weight is 776 g/mol. The predicted molar refractivity (Wildman–Crippen MR) is 253 cm³/mol. The molecule has 1 atom stereocenters. The SMILES string of the molecule is Cc1ccccc1-c1c(-c2cc3c(cc2Nc2ccc4c(c2)C(C)(c2ccccc2)c2ccccc2-4)oc2ccccc23)ccc2c1-c1ccc(C(C)(C)C)cc1C2(C)C. The number of nitrogens with one attached hydrogen (secondary N) is 1. The molecule has 1 unspecified atom stereocenters. The van der Waals surface area contributed by atoms with Crippen molar-refractivity contribution in [3.05, 3.63) is 203 Å². The molecule has 0 saturated carbocycles. The highest BCUT2D eigenvalue weighted by atomic mass is 16.3. The van der Waals surface area contributed by atoms with Gasteiger partial charge in [-0.15, -0.1) is 0 Å². The second kappa shape index (κ2) is 12.9. The number of furan rings is 1. The summed E-state index contributed by atoms with van der Waals surface area (Å²) in [7, 11) is 0. The topological polar surface area (TPSA) is 25.2 Å². The average Bonchev–Trinajstić information content (AvgIpc) is 3.83. The van der Waals surface area contributed by atoms with E-state index in [4.69, 9.17) is 4.42 Å². The van der Waals surface area contributed by atoms with E-state index in [1.54, 1.807) is 0 Å². The molecule has 11 rings (SSSR count). The Labute approximate surface area is 353 Å². The quantitative estimate of drug-likeness (QED) is 0.188. The summed E-state index contributed by atoms with van der Waals surface area (Å²) in [5.41, 5.74) is 22.8. The Balaban J connectivity index is 1.17. The maximum absolute atomic E-state index is 6.61. The third kappa shape index (κ3) is 5.26. The van der Waals surface area contributed by atoms with Gasteiger partial charge in [-0.25, -0.2) is 0 Å². The Morgan fingerprint density at radius 2 is 1.15 bits per heavy atom. The molecule has 1 aromatic heterocycles. The van der Waals surface area contributed by atoms with Gasteiger partial charge in [0.05, 0.1) is 5.69 Å². The van der Waals surface area contributed by atoms with Gasteiger partial charge < -0.3 is 9.73 Å². The zero-order chi connectivity index (χ0) is 41.1. The third-order valence-corrected chi connectivity index (χ3v) is 13.9. The minimum Gasteiger partial charge on any atom is -0.456 e. The lowest BCUT2D eigenvalue weighted by Gasteiger charge is -2.28. The number of para-hydroxylation sites is 1. The molecular formula is C58H49NO. The van der Waals surface area contributed by atoms with E-state index >= 15 is 0 Å². The Morgan fingerprint density at radius 3 is 1.95 bits per heavy atom. The van der Waals surface area contributed by atoms with E-state index in [-0.39, 0.29) is 16.2 Å². The lowest BCUT2D eigenvalue weighted by molar-refractivity contribution is 0.584. The molecule has 1 heterocycles. The van der Waals surface area contributed by atoms with Crippen LogP contribution in [0.2, 0.25) is 0 Å². The van der Waals surface area contributed by atoms with Crippen LogP contribution in [0.4, 0.5) is 11.4 Å². The van der Waals surface area contributed by atoms with E-state index in [0.717, 1.165) is 38.9 Å². The van der Waals surface area contributed by atoms with Crippen LogP contribution in [0, 0.1) is 6.92 Å². The van der Waals surface area contributed by atoms with Crippen molar-refractivity contribution < 1.29 is 4.42 Å². The molecular weight excluding hydrogens is 727 g/mol. The van der Waals surface area contributed by atoms with E-state index in [1.165, 1.54) is 77.9 Å². The van der Waals surface area contributed by atoms with Crippen molar-refractivity contribution in [1.29, 1.82) is 0 Å². The second-order valence-electron chi connectivity index (χ2n) is 18.8. The minimum atomic E-state index is -0.304. The van der Waals surface area contributed by atoms with Crippen molar-refractivity contribution >= 4 is 33.3 Å². The molecule has 0 bridgehead atoms. The van der Waals surface area contributed by atoms with Crippen LogP contribution in [0.5, 0.6) is 0 Å². The van der Waals surface area contributed by atoms with Crippen molar-refractivity contribution in [2.75, 3.05) is 5.32 Å². The molecule has 9 aromatic rings. The third-order valence-electron chi connectivity index (χ3n) is 13.9. The van der Waals surface area contributed by atoms with Gasteiger partial charge in [0.15, 0.2) is 0 Å². The molecule has 292 valence electrons. The Morgan fingerprint density at radius 1 is 0.467 bits per heavy atom. The molecule has 2 aliphatic carbocycles. The number of rotatable bonds is 5. The normalized spacial score (nSPS) is 16.1. The van der Waals surface area contributed by atoms with Crippen LogP contribution < -0.4 is 5.32 Å². The first-order chi connectivity index (χ1) is 28.9. The number of benzene rings is 8. The summed E-state index contributed by atoms with van der Waals surface area (Å²) in [6.07, 6.45) is 0. The number of hydrogen-bond donors (Lipinski definition) is 1. The Bertz CT molecular complexity index is 3210. The van der Waals surface area contributed by atoms with E-state index in [2.05, 4.69) is 218 Å². The lowest BCUT2D eigenvalue weighted by Crippen LogP contribution is -2.22. The number of aryl methyl sites for hydroxylation is 1. The molecule has 0 spiro atoms. The van der Waals surface area contributed by atoms with Gasteiger partial charge in [-0.2, -0.15) is 0 Å². The zero-order valence-electron chi connectivity index (χ0n) is 35.5. The predicted octanol–water partition coefficient (Wildman–Crippen LogP) is 15.9. The van der Waals surface area contributed by atoms with Gasteiger partial charge in [-0.05, 0) is 121 Å². The molecule has 0 amide bonds. The summed E-state index contributed by atoms with van der Waals surface area (Å²) in [5, 5.41) is 6.24. The Kier molecular flexibility index (Phi) is 7.85. The van der Waals surface area contributed by atoms with Gasteiger partial charge in [-0.3, -0.25) is 0 Å². The first kappa shape index (κ1) is 36.4. The molecule has 8 aromatic carbocycles. The summed E-state index contributed by atoms with van der Waals surface area (Å²) in [6.45, 7) is 16.4. The smallest absolute Gasteiger partial charge is 0.137 e. The van der Waals surface area contributed by atoms with Crippen molar-refractivity contribution in [2.24, 2.45) is 0 Å². The molecule has 2 nitrogen and oxygen atoms in total. The highest BCUT2D eigenvalue weighted by Crippen LogP contribution is 2.57. The maximum Gasteiger partial charge on any atom is 0.137 e. The largest absolute Gasteiger partial charge is 0.456 e. The van der Waals surface area contributed by atoms with Crippen LogP contribution in [0.1, 0.15) is 80.5 Å². The van der Waals surface area contributed by atoms with Crippen LogP contribution >= 0.6 is 0 Å². The van der Waals surface area contributed by atoms with E-state index < -0.39 is 0 Å². The number of fused-ring (bicyclic) bond motifs is 9. The first-order valence-corrected chi connectivity index (χ1v) is 21.3. The van der Waals surface area contributed by atoms with Gasteiger partial charge in [0.25, 0.3) is 0 Å². The van der Waals surface area contributed by atoms with Crippen molar-refractivity contribution in [3.8, 4) is 44.5 Å². The van der Waals surface area contributed by atoms with Crippen LogP contribution in [0.3, 0.4) is 0 Å². The summed E-state index contributed by atoms with van der Waals surface area (Å²) >= 11 is 0. The highest BCUT2D eigenvalue weighted by Gasteiger charge is 2.41. The van der Waals surface area contributed by atoms with Gasteiger partial charge in [0, 0.05) is 38.9 Å². The molecule has 0 saturated heterocycles. The van der Waals surface area contributed by atoms with Crippen LogP contribution in [-0.2, 0) is 16.2 Å². The second-order valence-corrected chi connectivity index (χ2v) is 18.8. The standard InChI is InChI=1S/C58H49NO/c1-35-17-11-12-20-39(35)54-43(29-30-48-55(54)44-27-25-37(56(2,3)4)31-49(44)57(48,5)6)45-33-46-42-22-14-16-24-52(42)60-53(46)34-51(45)59-38-26-28-41-40-21-13-15-23-47(40)58(7,50(41)32-38)36-18-9-8-10-19-36/h8-34,59H,1-7H3. The molecule has 2 aliphatic rings. The highest BCUT2D eigenvalue weighted by molar-refractivity contribution is 6.11. The van der Waals surface area contributed by atoms with Gasteiger partial charge in [-0.1, -0.05) is 168 Å². The zero-order valence-corrected chi connectivity index (χ0v) is 35.5. The number of hydrogen-bond acceptors (Lipinski definition) is 2. The van der Waals surface area contributed by atoms with Crippen molar-refractivity contribution in [1.82, 2.24) is 0 Å².